The van der Waals surface area contributed by atoms with Crippen molar-refractivity contribution in [2.45, 2.75) is 18.9 Å². The van der Waals surface area contributed by atoms with Crippen LogP contribution >= 0.6 is 0 Å². The van der Waals surface area contributed by atoms with Crippen molar-refractivity contribution in [1.29, 1.82) is 0 Å². The molecule has 1 atom stereocenters. The molecular formula is C15H20N4O3. The van der Waals surface area contributed by atoms with E-state index in [0.29, 0.717) is 19.5 Å². The molecule has 1 unspecified atom stereocenters. The minimum atomic E-state index is -0.373. The van der Waals surface area contributed by atoms with Gasteiger partial charge in [0.05, 0.1) is 6.54 Å². The minimum Gasteiger partial charge on any atom is -0.356 e. The van der Waals surface area contributed by atoms with E-state index < -0.39 is 0 Å². The van der Waals surface area contributed by atoms with Crippen LogP contribution in [0.15, 0.2) is 30.3 Å². The van der Waals surface area contributed by atoms with Gasteiger partial charge in [-0.3, -0.25) is 14.5 Å². The maximum absolute atomic E-state index is 11.8. The third-order valence-corrected chi connectivity index (χ3v) is 3.45. The number of hydrogen-bond acceptors (Lipinski definition) is 4. The molecule has 118 valence electrons. The highest BCUT2D eigenvalue weighted by molar-refractivity contribution is 6.01. The average Bonchev–Trinajstić information content (AvgIpc) is 2.83. The lowest BCUT2D eigenvalue weighted by molar-refractivity contribution is -0.125. The molecule has 0 radical (unpaired) electrons. The molecule has 7 nitrogen and oxygen atoms in total. The first-order valence-electron chi connectivity index (χ1n) is 7.23. The highest BCUT2D eigenvalue weighted by Gasteiger charge is 2.27. The van der Waals surface area contributed by atoms with E-state index in [1.54, 1.807) is 0 Å². The Balaban J connectivity index is 1.66. The van der Waals surface area contributed by atoms with E-state index in [4.69, 9.17) is 5.73 Å². The normalized spacial score (nSPS) is 15.6. The molecule has 0 saturated carbocycles. The van der Waals surface area contributed by atoms with Crippen LogP contribution in [0.4, 0.5) is 4.79 Å². The van der Waals surface area contributed by atoms with Crippen molar-refractivity contribution >= 4 is 17.8 Å². The lowest BCUT2D eigenvalue weighted by Crippen LogP contribution is -2.35. The zero-order valence-corrected chi connectivity index (χ0v) is 12.2. The lowest BCUT2D eigenvalue weighted by atomic mass is 10.0. The fourth-order valence-electron chi connectivity index (χ4n) is 2.24. The standard InChI is InChI=1S/C15H20N4O3/c16-12(11-5-2-1-3-6-11)9-13(20)17-7-4-8-19-14(21)10-18-15(19)22/h1-3,5-6,12H,4,7-10,16H2,(H,17,20)(H,18,22). The largest absolute Gasteiger partial charge is 0.356 e. The van der Waals surface area contributed by atoms with Gasteiger partial charge in [0.2, 0.25) is 11.8 Å². The second-order valence-corrected chi connectivity index (χ2v) is 5.13. The topological polar surface area (TPSA) is 105 Å². The van der Waals surface area contributed by atoms with Crippen LogP contribution in [0.3, 0.4) is 0 Å². The molecule has 4 N–H and O–H groups in total. The van der Waals surface area contributed by atoms with Crippen molar-refractivity contribution in [3.63, 3.8) is 0 Å². The number of urea groups is 1. The molecule has 0 spiro atoms. The third kappa shape index (κ3) is 4.29. The number of nitrogens with two attached hydrogens (primary N) is 1. The van der Waals surface area contributed by atoms with E-state index in [9.17, 15) is 14.4 Å². The molecule has 1 aliphatic rings. The number of hydrogen-bond donors (Lipinski definition) is 3. The predicted molar refractivity (Wildman–Crippen MR) is 80.7 cm³/mol. The fourth-order valence-corrected chi connectivity index (χ4v) is 2.24. The Morgan fingerprint density at radius 3 is 2.68 bits per heavy atom. The van der Waals surface area contributed by atoms with E-state index in [0.717, 1.165) is 10.5 Å². The SMILES string of the molecule is NC(CC(=O)NCCCN1C(=O)CNC1=O)c1ccccc1. The number of imide groups is 1. The minimum absolute atomic E-state index is 0.0527. The summed E-state index contributed by atoms with van der Waals surface area (Å²) in [6.45, 7) is 0.754. The molecule has 22 heavy (non-hydrogen) atoms. The Bertz CT molecular complexity index is 531. The Labute approximate surface area is 128 Å². The summed E-state index contributed by atoms with van der Waals surface area (Å²) < 4.78 is 0. The molecule has 0 aliphatic carbocycles. The van der Waals surface area contributed by atoms with E-state index >= 15 is 0 Å². The molecule has 1 saturated heterocycles. The van der Waals surface area contributed by atoms with E-state index in [1.807, 2.05) is 30.3 Å². The van der Waals surface area contributed by atoms with Crippen molar-refractivity contribution in [2.24, 2.45) is 5.73 Å². The summed E-state index contributed by atoms with van der Waals surface area (Å²) in [5, 5.41) is 5.20. The summed E-state index contributed by atoms with van der Waals surface area (Å²) in [6.07, 6.45) is 0.721. The van der Waals surface area contributed by atoms with Crippen LogP contribution in [-0.4, -0.2) is 42.4 Å². The number of nitrogens with zero attached hydrogens (tertiary/aromatic N) is 1. The summed E-state index contributed by atoms with van der Waals surface area (Å²) in [5.41, 5.74) is 6.88. The molecule has 2 rings (SSSR count). The number of nitrogens with one attached hydrogen (secondary N) is 2. The van der Waals surface area contributed by atoms with Gasteiger partial charge in [-0.2, -0.15) is 0 Å². The van der Waals surface area contributed by atoms with Crippen LogP contribution in [0, 0.1) is 0 Å². The summed E-state index contributed by atoms with van der Waals surface area (Å²) in [4.78, 5) is 35.6. The van der Waals surface area contributed by atoms with Gasteiger partial charge in [-0.25, -0.2) is 4.79 Å². The summed E-state index contributed by atoms with van der Waals surface area (Å²) in [5.74, 6) is -0.379. The molecular weight excluding hydrogens is 284 g/mol. The molecule has 1 aromatic carbocycles. The first-order valence-corrected chi connectivity index (χ1v) is 7.23. The van der Waals surface area contributed by atoms with Gasteiger partial charge in [0.1, 0.15) is 0 Å². The maximum Gasteiger partial charge on any atom is 0.324 e. The number of carbonyl (C=O) groups is 3. The molecule has 0 aromatic heterocycles. The van der Waals surface area contributed by atoms with Gasteiger partial charge in [-0.15, -0.1) is 0 Å². The molecule has 1 aromatic rings. The second-order valence-electron chi connectivity index (χ2n) is 5.13. The van der Waals surface area contributed by atoms with Gasteiger partial charge in [0.15, 0.2) is 0 Å². The van der Waals surface area contributed by atoms with Gasteiger partial charge in [-0.05, 0) is 12.0 Å². The molecule has 0 bridgehead atoms. The van der Waals surface area contributed by atoms with Crippen LogP contribution in [0.2, 0.25) is 0 Å². The van der Waals surface area contributed by atoms with Crippen LogP contribution in [0.1, 0.15) is 24.4 Å². The maximum atomic E-state index is 11.8. The number of carbonyl (C=O) groups excluding carboxylic acids is 3. The summed E-state index contributed by atoms with van der Waals surface area (Å²) in [6, 6.07) is 8.71. The molecule has 4 amide bonds. The molecule has 1 aliphatic heterocycles. The van der Waals surface area contributed by atoms with Gasteiger partial charge in [-0.1, -0.05) is 30.3 Å². The van der Waals surface area contributed by atoms with E-state index in [1.165, 1.54) is 0 Å². The van der Waals surface area contributed by atoms with Crippen molar-refractivity contribution in [3.05, 3.63) is 35.9 Å². The first-order chi connectivity index (χ1) is 10.6. The van der Waals surface area contributed by atoms with Gasteiger partial charge >= 0.3 is 6.03 Å². The molecule has 1 fully saturated rings. The number of benzene rings is 1. The molecule has 1 heterocycles. The van der Waals surface area contributed by atoms with Crippen LogP contribution < -0.4 is 16.4 Å². The summed E-state index contributed by atoms with van der Waals surface area (Å²) >= 11 is 0. The van der Waals surface area contributed by atoms with Crippen LogP contribution in [-0.2, 0) is 9.59 Å². The zero-order chi connectivity index (χ0) is 15.9. The van der Waals surface area contributed by atoms with Crippen LogP contribution in [0.25, 0.3) is 0 Å². The molecule has 7 heteroatoms. The Kier molecular flexibility index (Phi) is 5.48. The highest BCUT2D eigenvalue weighted by atomic mass is 16.2. The lowest BCUT2D eigenvalue weighted by Gasteiger charge is -2.14. The average molecular weight is 304 g/mol. The van der Waals surface area contributed by atoms with Gasteiger partial charge in [0.25, 0.3) is 0 Å². The fraction of sp³-hybridized carbons (Fsp3) is 0.400. The Morgan fingerprint density at radius 1 is 1.32 bits per heavy atom. The Morgan fingerprint density at radius 2 is 2.05 bits per heavy atom. The van der Waals surface area contributed by atoms with Crippen molar-refractivity contribution in [1.82, 2.24) is 15.5 Å². The van der Waals surface area contributed by atoms with Crippen molar-refractivity contribution < 1.29 is 14.4 Å². The quantitative estimate of drug-likeness (QED) is 0.492. The Hall–Kier alpha value is -2.41. The second kappa shape index (κ2) is 7.56. The summed E-state index contributed by atoms with van der Waals surface area (Å²) in [7, 11) is 0. The monoisotopic (exact) mass is 304 g/mol. The highest BCUT2D eigenvalue weighted by Crippen LogP contribution is 2.12. The van der Waals surface area contributed by atoms with E-state index in [2.05, 4.69) is 10.6 Å². The number of rotatable bonds is 7. The van der Waals surface area contributed by atoms with Gasteiger partial charge < -0.3 is 16.4 Å². The zero-order valence-electron chi connectivity index (χ0n) is 12.2. The van der Waals surface area contributed by atoms with Gasteiger partial charge in [0, 0.05) is 25.6 Å². The third-order valence-electron chi connectivity index (χ3n) is 3.45. The van der Waals surface area contributed by atoms with Crippen molar-refractivity contribution in [2.75, 3.05) is 19.6 Å². The van der Waals surface area contributed by atoms with E-state index in [-0.39, 0.29) is 36.9 Å². The smallest absolute Gasteiger partial charge is 0.324 e. The number of amides is 4. The van der Waals surface area contributed by atoms with Crippen LogP contribution in [0.5, 0.6) is 0 Å². The van der Waals surface area contributed by atoms with Crippen molar-refractivity contribution in [3.8, 4) is 0 Å². The first kappa shape index (κ1) is 16.0. The predicted octanol–water partition coefficient (Wildman–Crippen LogP) is 0.135.